The predicted molar refractivity (Wildman–Crippen MR) is 60.9 cm³/mol. The normalized spacial score (nSPS) is 11.0. The first-order valence-corrected chi connectivity index (χ1v) is 5.63. The molecule has 0 atom stereocenters. The molecule has 1 aromatic heterocycles. The third kappa shape index (κ3) is 1.53. The van der Waals surface area contributed by atoms with Crippen LogP contribution in [0.15, 0.2) is 21.1 Å². The van der Waals surface area contributed by atoms with Gasteiger partial charge in [0.15, 0.2) is 0 Å². The van der Waals surface area contributed by atoms with Crippen molar-refractivity contribution in [3.05, 3.63) is 26.9 Å². The lowest BCUT2D eigenvalue weighted by molar-refractivity contribution is 1.000. The standard InChI is InChI=1S/C9H8Br2N2/c1-2-7-12-8-5(10)3-4-6(11)9(8)13-7/h3-4H,2H2,1H3,(H,12,13). The van der Waals surface area contributed by atoms with Gasteiger partial charge in [-0.05, 0) is 44.0 Å². The molecule has 2 rings (SSSR count). The Kier molecular flexibility index (Phi) is 2.43. The number of fused-ring (bicyclic) bond motifs is 1. The third-order valence-corrected chi connectivity index (χ3v) is 3.23. The van der Waals surface area contributed by atoms with E-state index in [0.717, 1.165) is 32.2 Å². The maximum absolute atomic E-state index is 4.46. The van der Waals surface area contributed by atoms with Crippen LogP contribution in [0.3, 0.4) is 0 Å². The van der Waals surface area contributed by atoms with Crippen LogP contribution in [-0.2, 0) is 6.42 Å². The monoisotopic (exact) mass is 302 g/mol. The minimum Gasteiger partial charge on any atom is -0.341 e. The topological polar surface area (TPSA) is 28.7 Å². The summed E-state index contributed by atoms with van der Waals surface area (Å²) < 4.78 is 2.08. The number of aryl methyl sites for hydroxylation is 1. The van der Waals surface area contributed by atoms with Gasteiger partial charge in [0.1, 0.15) is 11.3 Å². The number of hydrogen-bond donors (Lipinski definition) is 1. The Bertz CT molecular complexity index is 409. The molecule has 68 valence electrons. The van der Waals surface area contributed by atoms with Crippen molar-refractivity contribution in [1.82, 2.24) is 9.97 Å². The molecule has 0 radical (unpaired) electrons. The highest BCUT2D eigenvalue weighted by Gasteiger charge is 2.07. The van der Waals surface area contributed by atoms with Crippen molar-refractivity contribution in [2.45, 2.75) is 13.3 Å². The van der Waals surface area contributed by atoms with Crippen LogP contribution in [-0.4, -0.2) is 9.97 Å². The van der Waals surface area contributed by atoms with Crippen LogP contribution in [0.25, 0.3) is 11.0 Å². The van der Waals surface area contributed by atoms with Crippen molar-refractivity contribution in [3.63, 3.8) is 0 Å². The molecule has 13 heavy (non-hydrogen) atoms. The highest BCUT2D eigenvalue weighted by molar-refractivity contribution is 9.11. The highest BCUT2D eigenvalue weighted by atomic mass is 79.9. The molecule has 0 aliphatic heterocycles. The maximum Gasteiger partial charge on any atom is 0.107 e. The number of nitrogens with zero attached hydrogens (tertiary/aromatic N) is 1. The molecule has 0 aliphatic carbocycles. The first kappa shape index (κ1) is 9.21. The molecule has 1 aromatic carbocycles. The minimum absolute atomic E-state index is 0.924. The molecule has 1 heterocycles. The zero-order chi connectivity index (χ0) is 9.42. The molecule has 0 saturated heterocycles. The second-order valence-corrected chi connectivity index (χ2v) is 4.50. The van der Waals surface area contributed by atoms with Crippen LogP contribution in [0.4, 0.5) is 0 Å². The molecular formula is C9H8Br2N2. The van der Waals surface area contributed by atoms with Crippen molar-refractivity contribution in [2.24, 2.45) is 0 Å². The van der Waals surface area contributed by atoms with Crippen molar-refractivity contribution < 1.29 is 0 Å². The molecule has 0 bridgehead atoms. The van der Waals surface area contributed by atoms with E-state index in [1.54, 1.807) is 0 Å². The Morgan fingerprint density at radius 2 is 2.00 bits per heavy atom. The first-order chi connectivity index (χ1) is 6.22. The molecule has 0 amide bonds. The largest absolute Gasteiger partial charge is 0.341 e. The van der Waals surface area contributed by atoms with E-state index in [1.165, 1.54) is 0 Å². The van der Waals surface area contributed by atoms with E-state index < -0.39 is 0 Å². The molecule has 0 spiro atoms. The van der Waals surface area contributed by atoms with Gasteiger partial charge in [-0.2, -0.15) is 0 Å². The Balaban J connectivity index is 2.80. The smallest absolute Gasteiger partial charge is 0.107 e. The van der Waals surface area contributed by atoms with Crippen molar-refractivity contribution >= 4 is 42.9 Å². The van der Waals surface area contributed by atoms with Gasteiger partial charge in [0.2, 0.25) is 0 Å². The number of H-pyrrole nitrogens is 1. The van der Waals surface area contributed by atoms with Gasteiger partial charge in [0.05, 0.1) is 5.52 Å². The average Bonchev–Trinajstić information content (AvgIpc) is 2.56. The van der Waals surface area contributed by atoms with Gasteiger partial charge in [-0.25, -0.2) is 4.98 Å². The molecular weight excluding hydrogens is 296 g/mol. The number of aromatic amines is 1. The van der Waals surface area contributed by atoms with E-state index in [9.17, 15) is 0 Å². The van der Waals surface area contributed by atoms with E-state index in [1.807, 2.05) is 12.1 Å². The van der Waals surface area contributed by atoms with Crippen LogP contribution in [0, 0.1) is 0 Å². The molecule has 1 N–H and O–H groups in total. The summed E-state index contributed by atoms with van der Waals surface area (Å²) in [5.41, 5.74) is 2.05. The number of benzene rings is 1. The van der Waals surface area contributed by atoms with E-state index >= 15 is 0 Å². The van der Waals surface area contributed by atoms with Crippen molar-refractivity contribution in [2.75, 3.05) is 0 Å². The number of hydrogen-bond acceptors (Lipinski definition) is 1. The summed E-state index contributed by atoms with van der Waals surface area (Å²) >= 11 is 6.95. The van der Waals surface area contributed by atoms with Gasteiger partial charge in [-0.1, -0.05) is 6.92 Å². The molecule has 0 fully saturated rings. The van der Waals surface area contributed by atoms with Gasteiger partial charge in [0.25, 0.3) is 0 Å². The summed E-state index contributed by atoms with van der Waals surface area (Å²) in [6, 6.07) is 4.00. The zero-order valence-corrected chi connectivity index (χ0v) is 10.2. The van der Waals surface area contributed by atoms with Gasteiger partial charge in [0, 0.05) is 15.4 Å². The van der Waals surface area contributed by atoms with E-state index in [0.29, 0.717) is 0 Å². The van der Waals surface area contributed by atoms with Crippen LogP contribution in [0.2, 0.25) is 0 Å². The fourth-order valence-corrected chi connectivity index (χ4v) is 2.08. The first-order valence-electron chi connectivity index (χ1n) is 4.05. The third-order valence-electron chi connectivity index (χ3n) is 1.93. The van der Waals surface area contributed by atoms with Gasteiger partial charge < -0.3 is 4.98 Å². The molecule has 0 aliphatic rings. The lowest BCUT2D eigenvalue weighted by Gasteiger charge is -1.93. The van der Waals surface area contributed by atoms with Crippen molar-refractivity contribution in [3.8, 4) is 0 Å². The van der Waals surface area contributed by atoms with E-state index in [4.69, 9.17) is 0 Å². The number of aromatic nitrogens is 2. The number of nitrogens with one attached hydrogen (secondary N) is 1. The summed E-state index contributed by atoms with van der Waals surface area (Å²) in [5, 5.41) is 0. The minimum atomic E-state index is 0.924. The van der Waals surface area contributed by atoms with E-state index in [2.05, 4.69) is 48.8 Å². The molecule has 2 nitrogen and oxygen atoms in total. The van der Waals surface area contributed by atoms with Gasteiger partial charge >= 0.3 is 0 Å². The SMILES string of the molecule is CCc1nc2c(Br)ccc(Br)c2[nH]1. The Morgan fingerprint density at radius 1 is 1.31 bits per heavy atom. The average molecular weight is 304 g/mol. The van der Waals surface area contributed by atoms with Gasteiger partial charge in [-0.3, -0.25) is 0 Å². The fraction of sp³-hybridized carbons (Fsp3) is 0.222. The number of rotatable bonds is 1. The van der Waals surface area contributed by atoms with Crippen molar-refractivity contribution in [1.29, 1.82) is 0 Å². The summed E-state index contributed by atoms with van der Waals surface area (Å²) in [6.45, 7) is 2.08. The second kappa shape index (κ2) is 3.42. The quantitative estimate of drug-likeness (QED) is 0.856. The highest BCUT2D eigenvalue weighted by Crippen LogP contribution is 2.28. The Labute approximate surface area is 93.0 Å². The Hall–Kier alpha value is -0.350. The van der Waals surface area contributed by atoms with Crippen LogP contribution >= 0.6 is 31.9 Å². The van der Waals surface area contributed by atoms with E-state index in [-0.39, 0.29) is 0 Å². The number of imidazole rings is 1. The zero-order valence-electron chi connectivity index (χ0n) is 7.06. The second-order valence-electron chi connectivity index (χ2n) is 2.79. The predicted octanol–water partition coefficient (Wildman–Crippen LogP) is 3.65. The van der Waals surface area contributed by atoms with Crippen LogP contribution < -0.4 is 0 Å². The molecule has 2 aromatic rings. The molecule has 0 saturated carbocycles. The fourth-order valence-electron chi connectivity index (χ4n) is 1.24. The summed E-state index contributed by atoms with van der Waals surface area (Å²) in [4.78, 5) is 7.73. The summed E-state index contributed by atoms with van der Waals surface area (Å²) in [7, 11) is 0. The lowest BCUT2D eigenvalue weighted by atomic mass is 10.3. The van der Waals surface area contributed by atoms with Gasteiger partial charge in [-0.15, -0.1) is 0 Å². The summed E-state index contributed by atoms with van der Waals surface area (Å²) in [6.07, 6.45) is 0.924. The maximum atomic E-state index is 4.46. The molecule has 0 unspecified atom stereocenters. The lowest BCUT2D eigenvalue weighted by Crippen LogP contribution is -1.79. The van der Waals surface area contributed by atoms with Crippen LogP contribution in [0.1, 0.15) is 12.7 Å². The molecule has 4 heteroatoms. The number of halogens is 2. The Morgan fingerprint density at radius 3 is 2.62 bits per heavy atom. The van der Waals surface area contributed by atoms with Crippen LogP contribution in [0.5, 0.6) is 0 Å². The summed E-state index contributed by atoms with van der Waals surface area (Å²) in [5.74, 6) is 1.02.